The van der Waals surface area contributed by atoms with Crippen LogP contribution in [0.1, 0.15) is 5.76 Å². The van der Waals surface area contributed by atoms with Crippen LogP contribution in [0.25, 0.3) is 17.4 Å². The second-order valence-electron chi connectivity index (χ2n) is 5.69. The van der Waals surface area contributed by atoms with Gasteiger partial charge in [-0.15, -0.1) is 0 Å². The Labute approximate surface area is 172 Å². The minimum atomic E-state index is -0.331. The summed E-state index contributed by atoms with van der Waals surface area (Å²) in [6.07, 6.45) is 2.93. The second kappa shape index (κ2) is 8.87. The minimum absolute atomic E-state index is 0.331. The molecule has 0 radical (unpaired) electrons. The van der Waals surface area contributed by atoms with Gasteiger partial charge in [-0.2, -0.15) is 0 Å². The summed E-state index contributed by atoms with van der Waals surface area (Å²) in [5.74, 6) is 1.86. The number of anilines is 1. The smallest absolute Gasteiger partial charge is 0.248 e. The lowest BCUT2D eigenvalue weighted by Gasteiger charge is -2.10. The number of amides is 1. The van der Waals surface area contributed by atoms with Crippen LogP contribution in [-0.2, 0) is 4.79 Å². The van der Waals surface area contributed by atoms with Gasteiger partial charge >= 0.3 is 0 Å². The highest BCUT2D eigenvalue weighted by Crippen LogP contribution is 2.34. The highest BCUT2D eigenvalue weighted by Gasteiger charge is 2.11. The Hall–Kier alpha value is -2.89. The van der Waals surface area contributed by atoms with E-state index in [0.717, 1.165) is 0 Å². The monoisotopic (exact) mass is 417 g/mol. The molecule has 3 rings (SSSR count). The second-order valence-corrected chi connectivity index (χ2v) is 6.48. The zero-order valence-corrected chi connectivity index (χ0v) is 16.7. The Bertz CT molecular complexity index is 1030. The SMILES string of the molecule is COc1ccc(NC(=O)C=Cc2ccc(-c3cccc(Cl)c3Cl)o2)c(OC)c1. The zero-order valence-electron chi connectivity index (χ0n) is 15.2. The summed E-state index contributed by atoms with van der Waals surface area (Å²) in [5.41, 5.74) is 1.21. The van der Waals surface area contributed by atoms with Crippen molar-refractivity contribution in [3.05, 3.63) is 70.4 Å². The highest BCUT2D eigenvalue weighted by atomic mass is 35.5. The third-order valence-electron chi connectivity index (χ3n) is 3.91. The summed E-state index contributed by atoms with van der Waals surface area (Å²) >= 11 is 12.2. The van der Waals surface area contributed by atoms with Crippen LogP contribution >= 0.6 is 23.2 Å². The van der Waals surface area contributed by atoms with Crippen LogP contribution in [-0.4, -0.2) is 20.1 Å². The minimum Gasteiger partial charge on any atom is -0.497 e. The third kappa shape index (κ3) is 4.50. The van der Waals surface area contributed by atoms with E-state index in [1.807, 2.05) is 6.07 Å². The van der Waals surface area contributed by atoms with Crippen molar-refractivity contribution in [1.29, 1.82) is 0 Å². The summed E-state index contributed by atoms with van der Waals surface area (Å²) in [6.45, 7) is 0. The van der Waals surface area contributed by atoms with E-state index in [1.165, 1.54) is 13.2 Å². The van der Waals surface area contributed by atoms with Gasteiger partial charge in [0.2, 0.25) is 5.91 Å². The standard InChI is InChI=1S/C21H17Cl2NO4/c1-26-14-6-9-17(19(12-14)27-2)24-20(25)11-8-13-7-10-18(28-13)15-4-3-5-16(22)21(15)23/h3-12H,1-2H3,(H,24,25). The number of carbonyl (C=O) groups excluding carboxylic acids is 1. The van der Waals surface area contributed by atoms with Gasteiger partial charge in [-0.1, -0.05) is 29.3 Å². The molecule has 1 heterocycles. The first-order chi connectivity index (χ1) is 13.5. The predicted octanol–water partition coefficient (Wildman–Crippen LogP) is 5.92. The Morgan fingerprint density at radius 3 is 2.64 bits per heavy atom. The quantitative estimate of drug-likeness (QED) is 0.505. The van der Waals surface area contributed by atoms with Crippen molar-refractivity contribution >= 4 is 40.9 Å². The van der Waals surface area contributed by atoms with Gasteiger partial charge in [0, 0.05) is 17.7 Å². The van der Waals surface area contributed by atoms with Crippen LogP contribution in [0.4, 0.5) is 5.69 Å². The summed E-state index contributed by atoms with van der Waals surface area (Å²) < 4.78 is 16.1. The van der Waals surface area contributed by atoms with Gasteiger partial charge < -0.3 is 19.2 Å². The van der Waals surface area contributed by atoms with Crippen molar-refractivity contribution in [2.75, 3.05) is 19.5 Å². The number of carbonyl (C=O) groups is 1. The molecule has 5 nitrogen and oxygen atoms in total. The normalized spacial score (nSPS) is 10.9. The van der Waals surface area contributed by atoms with Crippen molar-refractivity contribution in [1.82, 2.24) is 0 Å². The van der Waals surface area contributed by atoms with E-state index in [-0.39, 0.29) is 5.91 Å². The molecule has 0 bridgehead atoms. The maximum absolute atomic E-state index is 12.2. The first kappa shape index (κ1) is 19.9. The van der Waals surface area contributed by atoms with Gasteiger partial charge in [0.25, 0.3) is 0 Å². The molecule has 7 heteroatoms. The van der Waals surface area contributed by atoms with Gasteiger partial charge in [0.05, 0.1) is 30.0 Å². The summed E-state index contributed by atoms with van der Waals surface area (Å²) in [6, 6.07) is 13.9. The Morgan fingerprint density at radius 2 is 1.89 bits per heavy atom. The van der Waals surface area contributed by atoms with Crippen molar-refractivity contribution in [3.8, 4) is 22.8 Å². The summed E-state index contributed by atoms with van der Waals surface area (Å²) in [7, 11) is 3.08. The lowest BCUT2D eigenvalue weighted by Crippen LogP contribution is -2.08. The number of ether oxygens (including phenoxy) is 2. The zero-order chi connectivity index (χ0) is 20.1. The number of rotatable bonds is 6. The van der Waals surface area contributed by atoms with Crippen molar-refractivity contribution in [3.63, 3.8) is 0 Å². The number of nitrogens with one attached hydrogen (secondary N) is 1. The van der Waals surface area contributed by atoms with E-state index in [2.05, 4.69) is 5.32 Å². The first-order valence-electron chi connectivity index (χ1n) is 8.27. The highest BCUT2D eigenvalue weighted by molar-refractivity contribution is 6.43. The van der Waals surface area contributed by atoms with Gasteiger partial charge in [-0.05, 0) is 42.5 Å². The first-order valence-corrected chi connectivity index (χ1v) is 9.02. The average Bonchev–Trinajstić information content (AvgIpc) is 3.17. The molecule has 1 amide bonds. The molecule has 0 unspecified atom stereocenters. The molecule has 144 valence electrons. The maximum Gasteiger partial charge on any atom is 0.248 e. The summed E-state index contributed by atoms with van der Waals surface area (Å²) in [5, 5.41) is 3.61. The average molecular weight is 418 g/mol. The molecule has 0 fully saturated rings. The van der Waals surface area contributed by atoms with Gasteiger partial charge in [0.1, 0.15) is 23.0 Å². The van der Waals surface area contributed by atoms with Gasteiger partial charge in [0.15, 0.2) is 0 Å². The molecule has 0 aliphatic carbocycles. The molecule has 28 heavy (non-hydrogen) atoms. The molecule has 0 aliphatic heterocycles. The third-order valence-corrected chi connectivity index (χ3v) is 4.73. The maximum atomic E-state index is 12.2. The molecule has 0 atom stereocenters. The largest absolute Gasteiger partial charge is 0.497 e. The molecule has 3 aromatic rings. The fourth-order valence-electron chi connectivity index (χ4n) is 2.52. The molecule has 2 aromatic carbocycles. The number of hydrogen-bond acceptors (Lipinski definition) is 4. The topological polar surface area (TPSA) is 60.7 Å². The lowest BCUT2D eigenvalue weighted by molar-refractivity contribution is -0.111. The van der Waals surface area contributed by atoms with E-state index in [1.54, 1.807) is 55.7 Å². The molecular formula is C21H17Cl2NO4. The van der Waals surface area contributed by atoms with Crippen LogP contribution in [0.15, 0.2) is 59.0 Å². The molecule has 0 saturated carbocycles. The fourth-order valence-corrected chi connectivity index (χ4v) is 2.91. The fraction of sp³-hybridized carbons (Fsp3) is 0.0952. The molecule has 0 spiro atoms. The van der Waals surface area contributed by atoms with Crippen molar-refractivity contribution in [2.24, 2.45) is 0 Å². The van der Waals surface area contributed by atoms with Crippen LogP contribution in [0.2, 0.25) is 10.0 Å². The Morgan fingerprint density at radius 1 is 1.07 bits per heavy atom. The molecular weight excluding hydrogens is 401 g/mol. The van der Waals surface area contributed by atoms with Gasteiger partial charge in [-0.3, -0.25) is 4.79 Å². The Kier molecular flexibility index (Phi) is 6.29. The van der Waals surface area contributed by atoms with Crippen LogP contribution in [0, 0.1) is 0 Å². The Balaban J connectivity index is 1.72. The lowest BCUT2D eigenvalue weighted by atomic mass is 10.2. The van der Waals surface area contributed by atoms with Crippen molar-refractivity contribution < 1.29 is 18.7 Å². The predicted molar refractivity (Wildman–Crippen MR) is 111 cm³/mol. The van der Waals surface area contributed by atoms with E-state index < -0.39 is 0 Å². The van der Waals surface area contributed by atoms with Crippen LogP contribution in [0.3, 0.4) is 0 Å². The summed E-state index contributed by atoms with van der Waals surface area (Å²) in [4.78, 5) is 12.2. The van der Waals surface area contributed by atoms with E-state index in [0.29, 0.717) is 44.3 Å². The molecule has 1 N–H and O–H groups in total. The number of hydrogen-bond donors (Lipinski definition) is 1. The molecule has 0 aliphatic rings. The number of benzene rings is 2. The van der Waals surface area contributed by atoms with E-state index in [4.69, 9.17) is 37.1 Å². The van der Waals surface area contributed by atoms with Crippen LogP contribution in [0.5, 0.6) is 11.5 Å². The van der Waals surface area contributed by atoms with Crippen molar-refractivity contribution in [2.45, 2.75) is 0 Å². The van der Waals surface area contributed by atoms with E-state index >= 15 is 0 Å². The van der Waals surface area contributed by atoms with E-state index in [9.17, 15) is 4.79 Å². The molecule has 0 saturated heterocycles. The molecule has 1 aromatic heterocycles. The van der Waals surface area contributed by atoms with Gasteiger partial charge in [-0.25, -0.2) is 0 Å². The number of methoxy groups -OCH3 is 2. The number of furan rings is 1. The number of halogens is 2. The van der Waals surface area contributed by atoms with Crippen LogP contribution < -0.4 is 14.8 Å².